The van der Waals surface area contributed by atoms with Crippen LogP contribution in [0.2, 0.25) is 0 Å². The number of carbonyl (C=O) groups excluding carboxylic acids is 1. The molecule has 2 aromatic rings. The van der Waals surface area contributed by atoms with E-state index in [1.165, 1.54) is 0 Å². The third-order valence-corrected chi connectivity index (χ3v) is 2.60. The molecule has 0 saturated carbocycles. The molecule has 0 atom stereocenters. The summed E-state index contributed by atoms with van der Waals surface area (Å²) in [4.78, 5) is 17.0. The third-order valence-electron chi connectivity index (χ3n) is 2.60. The van der Waals surface area contributed by atoms with Crippen LogP contribution in [-0.2, 0) is 0 Å². The van der Waals surface area contributed by atoms with Crippen LogP contribution in [0.1, 0.15) is 17.4 Å². The van der Waals surface area contributed by atoms with E-state index in [1.807, 2.05) is 55.4 Å². The summed E-state index contributed by atoms with van der Waals surface area (Å²) in [6.07, 6.45) is 4.73. The van der Waals surface area contributed by atoms with Crippen LogP contribution in [0.15, 0.2) is 42.6 Å². The minimum absolute atomic E-state index is 0.461. The van der Waals surface area contributed by atoms with Gasteiger partial charge in [-0.2, -0.15) is 0 Å². The molecule has 3 heteroatoms. The Labute approximate surface area is 100 Å². The quantitative estimate of drug-likeness (QED) is 0.754. The smallest absolute Gasteiger partial charge is 0.168 e. The molecule has 0 N–H and O–H groups in total. The molecule has 0 aliphatic heterocycles. The number of nitrogens with zero attached hydrogens (tertiary/aromatic N) is 2. The molecule has 0 aliphatic carbocycles. The molecule has 2 rings (SSSR count). The Kier molecular flexibility index (Phi) is 3.19. The molecule has 1 aromatic carbocycles. The van der Waals surface area contributed by atoms with E-state index in [0.29, 0.717) is 5.69 Å². The first-order chi connectivity index (χ1) is 8.26. The topological polar surface area (TPSA) is 33.2 Å². The van der Waals surface area contributed by atoms with Gasteiger partial charge in [0.25, 0.3) is 0 Å². The highest BCUT2D eigenvalue weighted by Gasteiger charge is 2.05. The van der Waals surface area contributed by atoms with Crippen LogP contribution in [0.4, 0.5) is 5.69 Å². The van der Waals surface area contributed by atoms with Crippen molar-refractivity contribution in [3.8, 4) is 0 Å². The fourth-order valence-electron chi connectivity index (χ4n) is 1.83. The molecule has 0 saturated heterocycles. The summed E-state index contributed by atoms with van der Waals surface area (Å²) >= 11 is 0. The summed E-state index contributed by atoms with van der Waals surface area (Å²) in [5.41, 5.74) is 2.37. The number of hydrogen-bond acceptors (Lipinski definition) is 3. The van der Waals surface area contributed by atoms with Gasteiger partial charge in [-0.1, -0.05) is 12.1 Å². The van der Waals surface area contributed by atoms with Gasteiger partial charge in [0.1, 0.15) is 5.69 Å². The van der Waals surface area contributed by atoms with Gasteiger partial charge in [0.15, 0.2) is 6.29 Å². The Morgan fingerprint density at radius 2 is 2.06 bits per heavy atom. The monoisotopic (exact) mass is 226 g/mol. The average molecular weight is 226 g/mol. The van der Waals surface area contributed by atoms with Gasteiger partial charge >= 0.3 is 0 Å². The maximum atomic E-state index is 10.7. The van der Waals surface area contributed by atoms with Gasteiger partial charge < -0.3 is 4.90 Å². The van der Waals surface area contributed by atoms with Crippen LogP contribution < -0.4 is 4.90 Å². The summed E-state index contributed by atoms with van der Waals surface area (Å²) in [7, 11) is 1.99. The van der Waals surface area contributed by atoms with Crippen molar-refractivity contribution < 1.29 is 4.79 Å². The van der Waals surface area contributed by atoms with Crippen molar-refractivity contribution in [1.29, 1.82) is 0 Å². The molecule has 17 heavy (non-hydrogen) atoms. The molecular formula is C14H14N2O. The Hall–Kier alpha value is -2.16. The molecule has 1 heterocycles. The highest BCUT2D eigenvalue weighted by Crippen LogP contribution is 2.25. The molecule has 0 unspecified atom stereocenters. The van der Waals surface area contributed by atoms with E-state index >= 15 is 0 Å². The lowest BCUT2D eigenvalue weighted by Crippen LogP contribution is -2.08. The molecule has 86 valence electrons. The Balaban J connectivity index is 2.61. The summed E-state index contributed by atoms with van der Waals surface area (Å²) in [6, 6.07) is 9.56. The van der Waals surface area contributed by atoms with E-state index in [2.05, 4.69) is 4.98 Å². The van der Waals surface area contributed by atoms with Crippen LogP contribution in [-0.4, -0.2) is 18.3 Å². The standard InChI is InChI=1S/C14H14N2O/c1-3-9-16(2)14-6-4-5-13-12(14)8-7-11(10-17)15-13/h3-10H,1-2H3/b9-3-. The maximum absolute atomic E-state index is 10.7. The SMILES string of the molecule is C/C=C\N(C)c1cccc2nc(C=O)ccc12. The van der Waals surface area contributed by atoms with Crippen molar-refractivity contribution in [2.45, 2.75) is 6.92 Å². The molecule has 0 spiro atoms. The van der Waals surface area contributed by atoms with Crippen LogP contribution in [0.3, 0.4) is 0 Å². The zero-order valence-electron chi connectivity index (χ0n) is 9.92. The summed E-state index contributed by atoms with van der Waals surface area (Å²) in [5.74, 6) is 0. The van der Waals surface area contributed by atoms with Crippen molar-refractivity contribution in [2.75, 3.05) is 11.9 Å². The van der Waals surface area contributed by atoms with Crippen molar-refractivity contribution in [3.05, 3.63) is 48.3 Å². The van der Waals surface area contributed by atoms with Crippen LogP contribution >= 0.6 is 0 Å². The molecule has 3 nitrogen and oxygen atoms in total. The van der Waals surface area contributed by atoms with Gasteiger partial charge in [-0.3, -0.25) is 4.79 Å². The van der Waals surface area contributed by atoms with Gasteiger partial charge in [0.2, 0.25) is 0 Å². The van der Waals surface area contributed by atoms with Crippen LogP contribution in [0.25, 0.3) is 10.9 Å². The lowest BCUT2D eigenvalue weighted by atomic mass is 10.1. The van der Waals surface area contributed by atoms with Gasteiger partial charge in [0, 0.05) is 18.1 Å². The number of benzene rings is 1. The van der Waals surface area contributed by atoms with E-state index in [4.69, 9.17) is 0 Å². The van der Waals surface area contributed by atoms with Crippen LogP contribution in [0.5, 0.6) is 0 Å². The van der Waals surface area contributed by atoms with Gasteiger partial charge in [0.05, 0.1) is 5.52 Å². The lowest BCUT2D eigenvalue weighted by Gasteiger charge is -2.16. The number of rotatable bonds is 3. The normalized spacial score (nSPS) is 10.9. The number of aromatic nitrogens is 1. The number of carbonyl (C=O) groups is 1. The second-order valence-electron chi connectivity index (χ2n) is 3.79. The van der Waals surface area contributed by atoms with Gasteiger partial charge in [-0.05, 0) is 37.4 Å². The average Bonchev–Trinajstić information content (AvgIpc) is 2.37. The Morgan fingerprint density at radius 1 is 1.24 bits per heavy atom. The molecular weight excluding hydrogens is 212 g/mol. The van der Waals surface area contributed by atoms with E-state index in [9.17, 15) is 4.79 Å². The van der Waals surface area contributed by atoms with Crippen molar-refractivity contribution in [3.63, 3.8) is 0 Å². The molecule has 1 aromatic heterocycles. The summed E-state index contributed by atoms with van der Waals surface area (Å²) in [6.45, 7) is 1.98. The zero-order valence-corrected chi connectivity index (χ0v) is 9.92. The highest BCUT2D eigenvalue weighted by atomic mass is 16.1. The predicted octanol–water partition coefficient (Wildman–Crippen LogP) is 3.02. The minimum Gasteiger partial charge on any atom is -0.351 e. The predicted molar refractivity (Wildman–Crippen MR) is 70.3 cm³/mol. The molecule has 0 radical (unpaired) electrons. The summed E-state index contributed by atoms with van der Waals surface area (Å²) in [5, 5.41) is 1.04. The Bertz CT molecular complexity index is 575. The van der Waals surface area contributed by atoms with Crippen LogP contribution in [0, 0.1) is 0 Å². The minimum atomic E-state index is 0.461. The fourth-order valence-corrected chi connectivity index (χ4v) is 1.83. The number of hydrogen-bond donors (Lipinski definition) is 0. The van der Waals surface area contributed by atoms with Crippen molar-refractivity contribution >= 4 is 22.9 Å². The zero-order chi connectivity index (χ0) is 12.3. The first-order valence-electron chi connectivity index (χ1n) is 5.47. The molecule has 0 amide bonds. The Morgan fingerprint density at radius 3 is 2.76 bits per heavy atom. The number of aldehydes is 1. The number of pyridine rings is 1. The molecule has 0 bridgehead atoms. The number of fused-ring (bicyclic) bond motifs is 1. The van der Waals surface area contributed by atoms with Gasteiger partial charge in [-0.25, -0.2) is 4.98 Å². The van der Waals surface area contributed by atoms with E-state index in [1.54, 1.807) is 6.07 Å². The second-order valence-corrected chi connectivity index (χ2v) is 3.79. The number of allylic oxidation sites excluding steroid dienone is 1. The van der Waals surface area contributed by atoms with Crippen molar-refractivity contribution in [2.24, 2.45) is 0 Å². The molecule has 0 aliphatic rings. The van der Waals surface area contributed by atoms with Crippen molar-refractivity contribution in [1.82, 2.24) is 4.98 Å². The maximum Gasteiger partial charge on any atom is 0.168 e. The lowest BCUT2D eigenvalue weighted by molar-refractivity contribution is 0.111. The van der Waals surface area contributed by atoms with Gasteiger partial charge in [-0.15, -0.1) is 0 Å². The first kappa shape index (κ1) is 11.3. The summed E-state index contributed by atoms with van der Waals surface area (Å²) < 4.78 is 0. The van der Waals surface area contributed by atoms with E-state index in [0.717, 1.165) is 22.9 Å². The third kappa shape index (κ3) is 2.18. The van der Waals surface area contributed by atoms with E-state index in [-0.39, 0.29) is 0 Å². The number of anilines is 1. The fraction of sp³-hybridized carbons (Fsp3) is 0.143. The second kappa shape index (κ2) is 4.78. The van der Waals surface area contributed by atoms with E-state index < -0.39 is 0 Å². The molecule has 0 fully saturated rings. The largest absolute Gasteiger partial charge is 0.351 e. The first-order valence-corrected chi connectivity index (χ1v) is 5.47. The highest BCUT2D eigenvalue weighted by molar-refractivity contribution is 5.93.